The monoisotopic (exact) mass is 517 g/mol. The van der Waals surface area contributed by atoms with Crippen LogP contribution < -0.4 is 5.69 Å². The lowest BCUT2D eigenvalue weighted by Crippen LogP contribution is -2.33. The molecule has 0 saturated heterocycles. The van der Waals surface area contributed by atoms with Gasteiger partial charge in [-0.2, -0.15) is 5.10 Å². The molecule has 0 saturated carbocycles. The Morgan fingerprint density at radius 2 is 1.68 bits per heavy atom. The average molecular weight is 518 g/mol. The number of H-pyrrole nitrogens is 1. The highest BCUT2D eigenvalue weighted by Gasteiger charge is 2.32. The molecule has 3 heterocycles. The van der Waals surface area contributed by atoms with Gasteiger partial charge in [-0.15, -0.1) is 0 Å². The smallest absolute Gasteiger partial charge is 0.331 e. The van der Waals surface area contributed by atoms with Crippen LogP contribution in [0.2, 0.25) is 0 Å². The Morgan fingerprint density at radius 1 is 1.14 bits per heavy atom. The summed E-state index contributed by atoms with van der Waals surface area (Å²) in [6.07, 6.45) is 4.60. The van der Waals surface area contributed by atoms with Crippen molar-refractivity contribution in [3.8, 4) is 11.5 Å². The Morgan fingerprint density at radius 3 is 2.11 bits per heavy atom. The zero-order valence-corrected chi connectivity index (χ0v) is 24.3. The van der Waals surface area contributed by atoms with Crippen molar-refractivity contribution in [1.29, 1.82) is 0 Å². The highest BCUT2D eigenvalue weighted by Crippen LogP contribution is 2.34. The Kier molecular flexibility index (Phi) is 12.0. The van der Waals surface area contributed by atoms with Gasteiger partial charge in [-0.3, -0.25) is 9.36 Å². The maximum absolute atomic E-state index is 14.1. The fourth-order valence-corrected chi connectivity index (χ4v) is 3.76. The molecule has 1 N–H and O–H groups in total. The molecule has 9 heteroatoms. The number of imidazole rings is 1. The lowest BCUT2D eigenvalue weighted by atomic mass is 10.00. The summed E-state index contributed by atoms with van der Waals surface area (Å²) in [4.78, 5) is 28.1. The van der Waals surface area contributed by atoms with Gasteiger partial charge in [0.2, 0.25) is 6.41 Å². The average Bonchev–Trinajstić information content (AvgIpc) is 3.48. The molecule has 4 rings (SSSR count). The number of fused-ring (bicyclic) bond motifs is 1. The number of aromatic amines is 1. The van der Waals surface area contributed by atoms with Crippen LogP contribution in [0.1, 0.15) is 83.8 Å². The summed E-state index contributed by atoms with van der Waals surface area (Å²) in [6.45, 7) is 20.0. The number of aromatic nitrogens is 4. The number of hydrogen-bond donors (Lipinski definition) is 1. The van der Waals surface area contributed by atoms with Crippen LogP contribution >= 0.6 is 0 Å². The van der Waals surface area contributed by atoms with E-state index in [-0.39, 0.29) is 23.1 Å². The molecule has 2 aromatic heterocycles. The van der Waals surface area contributed by atoms with Gasteiger partial charge >= 0.3 is 5.69 Å². The minimum absolute atomic E-state index is 0.0417. The van der Waals surface area contributed by atoms with Crippen LogP contribution in [0.5, 0.6) is 0 Å². The Bertz CT molecular complexity index is 1180. The van der Waals surface area contributed by atoms with E-state index in [1.54, 1.807) is 55.1 Å². The Hall–Kier alpha value is -3.20. The standard InChI is InChI=1S/C19H20FN5O2.C5H12O.2C2H6/c1-11-8-14(9-12(2)17(11)20)25-18(24-7-5-21-19(24)27)16-13(3)23(10-26)6-4-15(16)22-25;1-5(2,3)6-4;2*1-2/h5,7-10,13H,4,6H2,1-3H3,(H,21,27);1-4H3;2*1-2H3/t13-;;;/m0.../s1. The predicted molar refractivity (Wildman–Crippen MR) is 147 cm³/mol. The number of nitrogens with one attached hydrogen (secondary N) is 1. The van der Waals surface area contributed by atoms with Crippen molar-refractivity contribution < 1.29 is 13.9 Å². The van der Waals surface area contributed by atoms with Gasteiger partial charge in [-0.1, -0.05) is 27.7 Å². The van der Waals surface area contributed by atoms with Crippen LogP contribution in [0.4, 0.5) is 4.39 Å². The van der Waals surface area contributed by atoms with E-state index >= 15 is 0 Å². The lowest BCUT2D eigenvalue weighted by Gasteiger charge is -2.30. The number of rotatable bonds is 3. The third-order valence-corrected chi connectivity index (χ3v) is 5.79. The van der Waals surface area contributed by atoms with Crippen molar-refractivity contribution in [2.45, 2.75) is 87.3 Å². The number of halogens is 1. The van der Waals surface area contributed by atoms with Crippen molar-refractivity contribution in [1.82, 2.24) is 24.2 Å². The third kappa shape index (κ3) is 7.41. The van der Waals surface area contributed by atoms with Crippen molar-refractivity contribution in [3.05, 3.63) is 63.2 Å². The number of methoxy groups -OCH3 is 1. The first-order valence-electron chi connectivity index (χ1n) is 12.9. The summed E-state index contributed by atoms with van der Waals surface area (Å²) >= 11 is 0. The molecule has 1 aliphatic heterocycles. The molecule has 1 aliphatic rings. The highest BCUT2D eigenvalue weighted by atomic mass is 19.1. The van der Waals surface area contributed by atoms with Crippen LogP contribution in [0.25, 0.3) is 11.5 Å². The molecule has 8 nitrogen and oxygen atoms in total. The van der Waals surface area contributed by atoms with E-state index in [9.17, 15) is 14.0 Å². The van der Waals surface area contributed by atoms with Crippen LogP contribution in [0.15, 0.2) is 29.3 Å². The molecule has 0 aliphatic carbocycles. The molecule has 1 atom stereocenters. The van der Waals surface area contributed by atoms with Crippen molar-refractivity contribution in [2.75, 3.05) is 13.7 Å². The molecule has 0 radical (unpaired) electrons. The first-order valence-corrected chi connectivity index (χ1v) is 12.9. The second-order valence-electron chi connectivity index (χ2n) is 9.21. The summed E-state index contributed by atoms with van der Waals surface area (Å²) in [5.41, 5.74) is 3.10. The summed E-state index contributed by atoms with van der Waals surface area (Å²) in [5, 5.41) is 4.73. The van der Waals surface area contributed by atoms with Gasteiger partial charge in [0.05, 0.1) is 23.0 Å². The molecule has 0 unspecified atom stereocenters. The van der Waals surface area contributed by atoms with Gasteiger partial charge in [0.25, 0.3) is 0 Å². The number of carbonyl (C=O) groups excluding carboxylic acids is 1. The van der Waals surface area contributed by atoms with E-state index in [1.165, 1.54) is 4.57 Å². The molecule has 0 spiro atoms. The molecular formula is C28H44FN5O3. The third-order valence-electron chi connectivity index (χ3n) is 5.79. The molecular weight excluding hydrogens is 473 g/mol. The van der Waals surface area contributed by atoms with Crippen molar-refractivity contribution in [3.63, 3.8) is 0 Å². The fourth-order valence-electron chi connectivity index (χ4n) is 3.76. The summed E-state index contributed by atoms with van der Waals surface area (Å²) in [5.74, 6) is 0.317. The fraction of sp³-hybridized carbons (Fsp3) is 0.536. The maximum atomic E-state index is 14.1. The van der Waals surface area contributed by atoms with Crippen LogP contribution in [-0.2, 0) is 16.0 Å². The van der Waals surface area contributed by atoms with Gasteiger partial charge < -0.3 is 14.6 Å². The number of benzene rings is 1. The molecule has 37 heavy (non-hydrogen) atoms. The lowest BCUT2D eigenvalue weighted by molar-refractivity contribution is -0.120. The minimum atomic E-state index is -0.301. The van der Waals surface area contributed by atoms with E-state index in [0.29, 0.717) is 35.6 Å². The number of ether oxygens (including phenoxy) is 1. The first kappa shape index (κ1) is 31.8. The number of carbonyl (C=O) groups is 1. The molecule has 1 amide bonds. The molecule has 1 aromatic carbocycles. The van der Waals surface area contributed by atoms with Crippen molar-refractivity contribution in [2.24, 2.45) is 0 Å². The van der Waals surface area contributed by atoms with Crippen LogP contribution in [-0.4, -0.2) is 49.9 Å². The van der Waals surface area contributed by atoms with E-state index < -0.39 is 0 Å². The molecule has 206 valence electrons. The van der Waals surface area contributed by atoms with E-state index in [1.807, 2.05) is 55.4 Å². The Labute approximate surface area is 220 Å². The SMILES string of the molecule is CC.CC.COC(C)(C)C.Cc1cc(-n2nc3c(c2-n2cc[nH]c2=O)[C@H](C)N(C=O)CC3)cc(C)c1F. The van der Waals surface area contributed by atoms with Gasteiger partial charge in [0, 0.05) is 38.0 Å². The van der Waals surface area contributed by atoms with E-state index in [2.05, 4.69) is 4.98 Å². The summed E-state index contributed by atoms with van der Waals surface area (Å²) in [7, 11) is 1.71. The highest BCUT2D eigenvalue weighted by molar-refractivity contribution is 5.55. The Balaban J connectivity index is 0.000000595. The second-order valence-corrected chi connectivity index (χ2v) is 9.21. The number of nitrogens with zero attached hydrogens (tertiary/aromatic N) is 4. The predicted octanol–water partition coefficient (Wildman–Crippen LogP) is 5.67. The zero-order valence-electron chi connectivity index (χ0n) is 24.3. The topological polar surface area (TPSA) is 85.2 Å². The molecule has 3 aromatic rings. The van der Waals surface area contributed by atoms with E-state index in [4.69, 9.17) is 9.84 Å². The number of amides is 1. The van der Waals surface area contributed by atoms with Crippen molar-refractivity contribution >= 4 is 6.41 Å². The number of hydrogen-bond acceptors (Lipinski definition) is 4. The van der Waals surface area contributed by atoms with Crippen LogP contribution in [0.3, 0.4) is 0 Å². The molecule has 0 bridgehead atoms. The van der Waals surface area contributed by atoms with Gasteiger partial charge in [-0.25, -0.2) is 13.9 Å². The minimum Gasteiger partial charge on any atom is -0.379 e. The summed E-state index contributed by atoms with van der Waals surface area (Å²) < 4.78 is 22.2. The van der Waals surface area contributed by atoms with Gasteiger partial charge in [0.1, 0.15) is 11.6 Å². The largest absolute Gasteiger partial charge is 0.379 e. The summed E-state index contributed by atoms with van der Waals surface area (Å²) in [6, 6.07) is 3.20. The van der Waals surface area contributed by atoms with Gasteiger partial charge in [0.15, 0.2) is 0 Å². The van der Waals surface area contributed by atoms with Gasteiger partial charge in [-0.05, 0) is 64.8 Å². The zero-order chi connectivity index (χ0) is 28.5. The van der Waals surface area contributed by atoms with E-state index in [0.717, 1.165) is 17.7 Å². The first-order chi connectivity index (χ1) is 17.5. The van der Waals surface area contributed by atoms with Crippen LogP contribution in [0, 0.1) is 19.7 Å². The normalized spacial score (nSPS) is 14.3. The number of aryl methyl sites for hydroxylation is 2. The quantitative estimate of drug-likeness (QED) is 0.454. The maximum Gasteiger partial charge on any atom is 0.331 e. The second kappa shape index (κ2) is 13.9. The molecule has 0 fully saturated rings.